The summed E-state index contributed by atoms with van der Waals surface area (Å²) in [6, 6.07) is 6.40. The van der Waals surface area contributed by atoms with E-state index in [1.165, 1.54) is 4.31 Å². The number of hydrogen-bond donors (Lipinski definition) is 1. The second kappa shape index (κ2) is 10.1. The fourth-order valence-electron chi connectivity index (χ4n) is 3.70. The van der Waals surface area contributed by atoms with Crippen LogP contribution in [0.15, 0.2) is 45.4 Å². The maximum Gasteiger partial charge on any atom is 0.252 e. The Balaban J connectivity index is 1.43. The van der Waals surface area contributed by atoms with Gasteiger partial charge in [0.25, 0.3) is 10.0 Å². The van der Waals surface area contributed by atoms with Crippen LogP contribution < -0.4 is 5.32 Å². The number of pyridine rings is 1. The van der Waals surface area contributed by atoms with E-state index in [0.717, 1.165) is 36.2 Å². The van der Waals surface area contributed by atoms with Crippen LogP contribution in [0, 0.1) is 5.92 Å². The van der Waals surface area contributed by atoms with Gasteiger partial charge in [-0.3, -0.25) is 9.78 Å². The van der Waals surface area contributed by atoms with Gasteiger partial charge < -0.3 is 9.84 Å². The first-order valence-electron chi connectivity index (χ1n) is 11.0. The minimum Gasteiger partial charge on any atom is -0.344 e. The minimum atomic E-state index is -3.50. The summed E-state index contributed by atoms with van der Waals surface area (Å²) in [5.74, 6) is 0.530. The SMILES string of the molecule is CC(C)C(NC(=O)Cc1ccc(S(=O)(=O)N2CCCCC2)s1)c1nc(-c2ccncc2)no1. The summed E-state index contributed by atoms with van der Waals surface area (Å²) >= 11 is 1.15. The molecule has 1 unspecified atom stereocenters. The summed E-state index contributed by atoms with van der Waals surface area (Å²) in [4.78, 5) is 21.9. The third-order valence-electron chi connectivity index (χ3n) is 5.51. The molecule has 4 rings (SSSR count). The van der Waals surface area contributed by atoms with Crippen molar-refractivity contribution in [3.63, 3.8) is 0 Å². The summed E-state index contributed by atoms with van der Waals surface area (Å²) in [7, 11) is -3.50. The molecule has 0 saturated carbocycles. The van der Waals surface area contributed by atoms with Gasteiger partial charge in [0, 0.05) is 35.9 Å². The number of nitrogens with zero attached hydrogens (tertiary/aromatic N) is 4. The Hall–Kier alpha value is -2.63. The fraction of sp³-hybridized carbons (Fsp3) is 0.455. The fourth-order valence-corrected chi connectivity index (χ4v) is 6.73. The van der Waals surface area contributed by atoms with E-state index in [4.69, 9.17) is 4.52 Å². The van der Waals surface area contributed by atoms with Crippen LogP contribution in [0.4, 0.5) is 0 Å². The molecule has 0 bridgehead atoms. The Morgan fingerprint density at radius 3 is 2.58 bits per heavy atom. The van der Waals surface area contributed by atoms with E-state index in [0.29, 0.717) is 29.7 Å². The summed E-state index contributed by atoms with van der Waals surface area (Å²) in [6.45, 7) is 5.01. The maximum absolute atomic E-state index is 12.9. The molecule has 3 aromatic rings. The average Bonchev–Trinajstić information content (AvgIpc) is 3.49. The molecular formula is C22H27N5O4S2. The number of nitrogens with one attached hydrogen (secondary N) is 1. The monoisotopic (exact) mass is 489 g/mol. The van der Waals surface area contributed by atoms with Crippen LogP contribution in [0.25, 0.3) is 11.4 Å². The smallest absolute Gasteiger partial charge is 0.252 e. The lowest BCUT2D eigenvalue weighted by Crippen LogP contribution is -2.35. The molecule has 0 spiro atoms. The lowest BCUT2D eigenvalue weighted by molar-refractivity contribution is -0.121. The molecule has 0 radical (unpaired) electrons. The van der Waals surface area contributed by atoms with Gasteiger partial charge in [-0.05, 0) is 43.0 Å². The third-order valence-corrected chi connectivity index (χ3v) is 8.96. The zero-order chi connectivity index (χ0) is 23.4. The Kier molecular flexibility index (Phi) is 7.20. The van der Waals surface area contributed by atoms with E-state index in [1.54, 1.807) is 36.7 Å². The van der Waals surface area contributed by atoms with Crippen molar-refractivity contribution in [1.82, 2.24) is 24.7 Å². The normalized spacial score (nSPS) is 16.1. The largest absolute Gasteiger partial charge is 0.344 e. The molecule has 33 heavy (non-hydrogen) atoms. The number of thiophene rings is 1. The maximum atomic E-state index is 12.9. The topological polar surface area (TPSA) is 118 Å². The molecule has 11 heteroatoms. The first-order valence-corrected chi connectivity index (χ1v) is 13.2. The van der Waals surface area contributed by atoms with Gasteiger partial charge >= 0.3 is 0 Å². The van der Waals surface area contributed by atoms with Crippen LogP contribution in [0.2, 0.25) is 0 Å². The summed E-state index contributed by atoms with van der Waals surface area (Å²) in [6.07, 6.45) is 6.20. The summed E-state index contributed by atoms with van der Waals surface area (Å²) in [5.41, 5.74) is 0.773. The third kappa shape index (κ3) is 5.48. The zero-order valence-electron chi connectivity index (χ0n) is 18.6. The van der Waals surface area contributed by atoms with Crippen LogP contribution >= 0.6 is 11.3 Å². The van der Waals surface area contributed by atoms with E-state index < -0.39 is 16.1 Å². The second-order valence-electron chi connectivity index (χ2n) is 8.34. The van der Waals surface area contributed by atoms with Crippen molar-refractivity contribution in [1.29, 1.82) is 0 Å². The van der Waals surface area contributed by atoms with E-state index in [1.807, 2.05) is 13.8 Å². The summed E-state index contributed by atoms with van der Waals surface area (Å²) < 4.78 is 33.0. The van der Waals surface area contributed by atoms with E-state index >= 15 is 0 Å². The van der Waals surface area contributed by atoms with Crippen molar-refractivity contribution in [3.05, 3.63) is 47.4 Å². The van der Waals surface area contributed by atoms with Crippen LogP contribution in [0.5, 0.6) is 0 Å². The number of aromatic nitrogens is 3. The molecule has 1 fully saturated rings. The molecule has 1 atom stereocenters. The number of carbonyl (C=O) groups is 1. The molecule has 0 aliphatic carbocycles. The lowest BCUT2D eigenvalue weighted by atomic mass is 10.0. The highest BCUT2D eigenvalue weighted by Gasteiger charge is 2.28. The van der Waals surface area contributed by atoms with Gasteiger partial charge in [0.1, 0.15) is 10.3 Å². The summed E-state index contributed by atoms with van der Waals surface area (Å²) in [5, 5.41) is 6.98. The van der Waals surface area contributed by atoms with Crippen molar-refractivity contribution in [2.75, 3.05) is 13.1 Å². The highest BCUT2D eigenvalue weighted by molar-refractivity contribution is 7.91. The molecule has 0 aromatic carbocycles. The molecule has 1 aliphatic rings. The second-order valence-corrected chi connectivity index (χ2v) is 11.7. The molecular weight excluding hydrogens is 462 g/mol. The van der Waals surface area contributed by atoms with Gasteiger partial charge in [-0.15, -0.1) is 11.3 Å². The van der Waals surface area contributed by atoms with Gasteiger partial charge in [0.2, 0.25) is 17.6 Å². The van der Waals surface area contributed by atoms with Crippen molar-refractivity contribution >= 4 is 27.3 Å². The molecule has 1 N–H and O–H groups in total. The van der Waals surface area contributed by atoms with Gasteiger partial charge in [0.15, 0.2) is 0 Å². The number of piperidine rings is 1. The van der Waals surface area contributed by atoms with Crippen LogP contribution in [-0.2, 0) is 21.2 Å². The Morgan fingerprint density at radius 2 is 1.88 bits per heavy atom. The predicted octanol–water partition coefficient (Wildman–Crippen LogP) is 3.42. The Bertz CT molecular complexity index is 1180. The number of hydrogen-bond acceptors (Lipinski definition) is 8. The predicted molar refractivity (Wildman–Crippen MR) is 124 cm³/mol. The quantitative estimate of drug-likeness (QED) is 0.515. The average molecular weight is 490 g/mol. The number of carbonyl (C=O) groups excluding carboxylic acids is 1. The molecule has 1 aliphatic heterocycles. The zero-order valence-corrected chi connectivity index (χ0v) is 20.2. The van der Waals surface area contributed by atoms with Gasteiger partial charge in [-0.2, -0.15) is 9.29 Å². The van der Waals surface area contributed by atoms with Crippen molar-refractivity contribution in [2.45, 2.75) is 49.8 Å². The van der Waals surface area contributed by atoms with E-state index in [-0.39, 0.29) is 22.5 Å². The highest BCUT2D eigenvalue weighted by atomic mass is 32.2. The Labute approximate surface area is 197 Å². The first kappa shape index (κ1) is 23.5. The molecule has 4 heterocycles. The van der Waals surface area contributed by atoms with E-state index in [2.05, 4.69) is 20.4 Å². The molecule has 3 aromatic heterocycles. The van der Waals surface area contributed by atoms with Gasteiger partial charge in [-0.25, -0.2) is 8.42 Å². The van der Waals surface area contributed by atoms with E-state index in [9.17, 15) is 13.2 Å². The van der Waals surface area contributed by atoms with Crippen molar-refractivity contribution < 1.29 is 17.7 Å². The number of sulfonamides is 1. The molecule has 9 nitrogen and oxygen atoms in total. The van der Waals surface area contributed by atoms with Gasteiger partial charge in [0.05, 0.1) is 6.42 Å². The standard InChI is InChI=1S/C22H27N5O4S2/c1-15(2)20(22-25-21(26-31-22)16-8-10-23-11-9-16)24-18(28)14-17-6-7-19(32-17)33(29,30)27-12-4-3-5-13-27/h6-11,15,20H,3-5,12-14H2,1-2H3,(H,24,28). The molecule has 176 valence electrons. The highest BCUT2D eigenvalue weighted by Crippen LogP contribution is 2.28. The minimum absolute atomic E-state index is 0.0121. The lowest BCUT2D eigenvalue weighted by Gasteiger charge is -2.25. The van der Waals surface area contributed by atoms with Crippen LogP contribution in [0.3, 0.4) is 0 Å². The molecule has 1 saturated heterocycles. The van der Waals surface area contributed by atoms with Crippen molar-refractivity contribution in [2.24, 2.45) is 5.92 Å². The van der Waals surface area contributed by atoms with Crippen molar-refractivity contribution in [3.8, 4) is 11.4 Å². The molecule has 1 amide bonds. The van der Waals surface area contributed by atoms with Gasteiger partial charge in [-0.1, -0.05) is 25.4 Å². The first-order chi connectivity index (χ1) is 15.8. The Morgan fingerprint density at radius 1 is 1.15 bits per heavy atom. The van der Waals surface area contributed by atoms with Crippen LogP contribution in [0.1, 0.15) is 49.9 Å². The number of amides is 1. The van der Waals surface area contributed by atoms with Crippen LogP contribution in [-0.4, -0.2) is 46.8 Å². The number of rotatable bonds is 8.